The van der Waals surface area contributed by atoms with E-state index in [2.05, 4.69) is 0 Å². The lowest BCUT2D eigenvalue weighted by Crippen LogP contribution is -2.28. The Bertz CT molecular complexity index is 1560. The van der Waals surface area contributed by atoms with Gasteiger partial charge in [-0.25, -0.2) is 0 Å². The monoisotopic (exact) mass is 584 g/mol. The standard InChI is InChI=1S/C28H22F6O3S2/c1-26(2,3)20-13-9-19(10-14-20)25-23(37-39(35,36)28(32,33)34)22(17-7-5-4-6-8-17)24(38-25)18-11-15-21(16-12-18)27(29,30)31/h4-16H,1-3H3. The summed E-state index contributed by atoms with van der Waals surface area (Å²) in [6.07, 6.45) is -4.59. The van der Waals surface area contributed by atoms with E-state index in [1.165, 1.54) is 12.1 Å². The first-order chi connectivity index (χ1) is 18.0. The van der Waals surface area contributed by atoms with Crippen LogP contribution in [0.2, 0.25) is 0 Å². The van der Waals surface area contributed by atoms with Gasteiger partial charge in [-0.1, -0.05) is 87.5 Å². The highest BCUT2D eigenvalue weighted by Gasteiger charge is 2.49. The van der Waals surface area contributed by atoms with Crippen molar-refractivity contribution in [3.8, 4) is 37.8 Å². The van der Waals surface area contributed by atoms with Crippen molar-refractivity contribution in [2.75, 3.05) is 0 Å². The normalized spacial score (nSPS) is 12.9. The van der Waals surface area contributed by atoms with Crippen molar-refractivity contribution in [2.45, 2.75) is 37.9 Å². The number of thiophene rings is 1. The molecule has 206 valence electrons. The number of alkyl halides is 6. The maximum Gasteiger partial charge on any atom is 0.534 e. The lowest BCUT2D eigenvalue weighted by Gasteiger charge is -2.19. The van der Waals surface area contributed by atoms with Crippen LogP contribution in [0.25, 0.3) is 32.0 Å². The van der Waals surface area contributed by atoms with E-state index >= 15 is 0 Å². The van der Waals surface area contributed by atoms with Crippen LogP contribution >= 0.6 is 11.3 Å². The van der Waals surface area contributed by atoms with E-state index in [-0.39, 0.29) is 26.3 Å². The molecule has 0 N–H and O–H groups in total. The molecule has 0 aliphatic rings. The number of halogens is 6. The van der Waals surface area contributed by atoms with Gasteiger partial charge in [0.2, 0.25) is 0 Å². The lowest BCUT2D eigenvalue weighted by atomic mass is 9.86. The van der Waals surface area contributed by atoms with Gasteiger partial charge in [0.15, 0.2) is 5.75 Å². The van der Waals surface area contributed by atoms with Crippen LogP contribution in [0.15, 0.2) is 78.9 Å². The molecule has 11 heteroatoms. The Morgan fingerprint density at radius 2 is 1.13 bits per heavy atom. The van der Waals surface area contributed by atoms with Gasteiger partial charge in [-0.2, -0.15) is 34.8 Å². The molecule has 0 bridgehead atoms. The molecular formula is C28H22F6O3S2. The van der Waals surface area contributed by atoms with Crippen LogP contribution in [0.3, 0.4) is 0 Å². The summed E-state index contributed by atoms with van der Waals surface area (Å²) in [5, 5.41) is 0. The third-order valence-corrected chi connectivity index (χ3v) is 8.11. The van der Waals surface area contributed by atoms with Gasteiger partial charge in [0.1, 0.15) is 0 Å². The second kappa shape index (κ2) is 10.0. The van der Waals surface area contributed by atoms with Crippen molar-refractivity contribution in [3.05, 3.63) is 90.0 Å². The first kappa shape index (κ1) is 28.7. The third kappa shape index (κ3) is 5.99. The van der Waals surface area contributed by atoms with Gasteiger partial charge in [0.05, 0.1) is 10.4 Å². The summed E-state index contributed by atoms with van der Waals surface area (Å²) in [7, 11) is -6.08. The summed E-state index contributed by atoms with van der Waals surface area (Å²) in [6.45, 7) is 5.94. The van der Waals surface area contributed by atoms with Crippen molar-refractivity contribution in [3.63, 3.8) is 0 Å². The summed E-state index contributed by atoms with van der Waals surface area (Å²) >= 11 is 0.927. The summed E-state index contributed by atoms with van der Waals surface area (Å²) in [5.74, 6) is -0.554. The molecule has 1 aromatic heterocycles. The van der Waals surface area contributed by atoms with E-state index in [0.717, 1.165) is 29.0 Å². The Morgan fingerprint density at radius 3 is 1.59 bits per heavy atom. The largest absolute Gasteiger partial charge is 0.534 e. The van der Waals surface area contributed by atoms with Crippen molar-refractivity contribution in [1.82, 2.24) is 0 Å². The van der Waals surface area contributed by atoms with Crippen LogP contribution in [0.1, 0.15) is 31.9 Å². The number of hydrogen-bond donors (Lipinski definition) is 0. The summed E-state index contributed by atoms with van der Waals surface area (Å²) in [5.41, 5.74) is -4.93. The molecule has 0 spiro atoms. The first-order valence-electron chi connectivity index (χ1n) is 11.5. The van der Waals surface area contributed by atoms with Crippen molar-refractivity contribution in [2.24, 2.45) is 0 Å². The van der Waals surface area contributed by atoms with Crippen LogP contribution in [0.4, 0.5) is 26.3 Å². The minimum absolute atomic E-state index is 0.0167. The summed E-state index contributed by atoms with van der Waals surface area (Å²) in [6, 6.07) is 18.9. The van der Waals surface area contributed by atoms with E-state index in [1.54, 1.807) is 54.6 Å². The molecule has 3 nitrogen and oxygen atoms in total. The molecule has 4 rings (SSSR count). The molecule has 0 aliphatic heterocycles. The zero-order chi connectivity index (χ0) is 28.8. The van der Waals surface area contributed by atoms with Gasteiger partial charge >= 0.3 is 21.8 Å². The second-order valence-corrected chi connectivity index (χ2v) is 12.3. The molecule has 0 amide bonds. The molecular weight excluding hydrogens is 562 g/mol. The zero-order valence-electron chi connectivity index (χ0n) is 20.8. The molecule has 0 fully saturated rings. The van der Waals surface area contributed by atoms with Gasteiger partial charge in [-0.05, 0) is 39.8 Å². The highest BCUT2D eigenvalue weighted by atomic mass is 32.2. The lowest BCUT2D eigenvalue weighted by molar-refractivity contribution is -0.137. The SMILES string of the molecule is CC(C)(C)c1ccc(-c2sc(-c3ccc(C(F)(F)F)cc3)c(-c3ccccc3)c2OS(=O)(=O)C(F)(F)F)cc1. The van der Waals surface area contributed by atoms with Crippen LogP contribution < -0.4 is 4.18 Å². The number of benzene rings is 3. The van der Waals surface area contributed by atoms with E-state index in [0.29, 0.717) is 11.1 Å². The number of rotatable bonds is 5. The molecule has 1 heterocycles. The second-order valence-electron chi connectivity index (χ2n) is 9.72. The summed E-state index contributed by atoms with van der Waals surface area (Å²) < 4.78 is 109. The van der Waals surface area contributed by atoms with Crippen LogP contribution in [-0.2, 0) is 21.7 Å². The fourth-order valence-corrected chi connectivity index (χ4v) is 5.64. The van der Waals surface area contributed by atoms with E-state index < -0.39 is 33.1 Å². The molecule has 0 atom stereocenters. The molecule has 0 unspecified atom stereocenters. The molecule has 4 aromatic rings. The molecule has 3 aromatic carbocycles. The average molecular weight is 585 g/mol. The predicted molar refractivity (Wildman–Crippen MR) is 140 cm³/mol. The number of hydrogen-bond acceptors (Lipinski definition) is 4. The molecule has 0 aliphatic carbocycles. The molecule has 0 radical (unpaired) electrons. The maximum absolute atomic E-state index is 13.4. The van der Waals surface area contributed by atoms with Gasteiger partial charge < -0.3 is 4.18 Å². The highest BCUT2D eigenvalue weighted by molar-refractivity contribution is 7.88. The van der Waals surface area contributed by atoms with Crippen molar-refractivity contribution in [1.29, 1.82) is 0 Å². The summed E-state index contributed by atoms with van der Waals surface area (Å²) in [4.78, 5) is 0.328. The minimum atomic E-state index is -6.08. The molecule has 39 heavy (non-hydrogen) atoms. The fourth-order valence-electron chi connectivity index (χ4n) is 3.85. The first-order valence-corrected chi connectivity index (χ1v) is 13.7. The van der Waals surface area contributed by atoms with Crippen LogP contribution in [0, 0.1) is 0 Å². The van der Waals surface area contributed by atoms with Gasteiger partial charge in [0, 0.05) is 10.4 Å². The quantitative estimate of drug-likeness (QED) is 0.133. The molecule has 0 saturated carbocycles. The van der Waals surface area contributed by atoms with Crippen molar-refractivity contribution >= 4 is 21.5 Å². The van der Waals surface area contributed by atoms with Gasteiger partial charge in [-0.15, -0.1) is 11.3 Å². The zero-order valence-corrected chi connectivity index (χ0v) is 22.4. The van der Waals surface area contributed by atoms with Crippen molar-refractivity contribution < 1.29 is 38.9 Å². The molecule has 0 saturated heterocycles. The van der Waals surface area contributed by atoms with E-state index in [9.17, 15) is 34.8 Å². The fraction of sp³-hybridized carbons (Fsp3) is 0.214. The minimum Gasteiger partial charge on any atom is -0.374 e. The van der Waals surface area contributed by atoms with Gasteiger partial charge in [0.25, 0.3) is 0 Å². The maximum atomic E-state index is 13.4. The third-order valence-electron chi connectivity index (χ3n) is 5.89. The Balaban J connectivity index is 2.02. The smallest absolute Gasteiger partial charge is 0.374 e. The average Bonchev–Trinajstić information content (AvgIpc) is 3.21. The van der Waals surface area contributed by atoms with Crippen LogP contribution in [-0.4, -0.2) is 13.9 Å². The Morgan fingerprint density at radius 1 is 0.641 bits per heavy atom. The van der Waals surface area contributed by atoms with E-state index in [4.69, 9.17) is 4.18 Å². The topological polar surface area (TPSA) is 43.4 Å². The predicted octanol–water partition coefficient (Wildman–Crippen LogP) is 9.29. The van der Waals surface area contributed by atoms with E-state index in [1.807, 2.05) is 20.8 Å². The Kier molecular flexibility index (Phi) is 7.37. The highest BCUT2D eigenvalue weighted by Crippen LogP contribution is 2.53. The van der Waals surface area contributed by atoms with Gasteiger partial charge in [-0.3, -0.25) is 0 Å². The Labute approximate surface area is 225 Å². The van der Waals surface area contributed by atoms with Crippen LogP contribution in [0.5, 0.6) is 5.75 Å². The Hall–Kier alpha value is -3.31.